The lowest BCUT2D eigenvalue weighted by Crippen LogP contribution is -2.44. The molecule has 2 N–H and O–H groups in total. The van der Waals surface area contributed by atoms with Crippen LogP contribution in [0.15, 0.2) is 30.3 Å². The van der Waals surface area contributed by atoms with Crippen LogP contribution in [0.3, 0.4) is 0 Å². The molecule has 1 aromatic rings. The van der Waals surface area contributed by atoms with Gasteiger partial charge in [-0.2, -0.15) is 0 Å². The Labute approximate surface area is 105 Å². The van der Waals surface area contributed by atoms with Gasteiger partial charge in [-0.15, -0.1) is 0 Å². The molecule has 1 fully saturated rings. The lowest BCUT2D eigenvalue weighted by Gasteiger charge is -2.34. The molecular weight excluding hydrogens is 240 g/mol. The van der Waals surface area contributed by atoms with Gasteiger partial charge in [0.15, 0.2) is 6.29 Å². The minimum atomic E-state index is -2.76. The second kappa shape index (κ2) is 5.73. The van der Waals surface area contributed by atoms with Crippen LogP contribution < -0.4 is 5.73 Å². The summed E-state index contributed by atoms with van der Waals surface area (Å²) in [7, 11) is 0. The van der Waals surface area contributed by atoms with Gasteiger partial charge in [-0.25, -0.2) is 8.78 Å². The summed E-state index contributed by atoms with van der Waals surface area (Å²) < 4.78 is 37.5. The topological polar surface area (TPSA) is 44.5 Å². The first kappa shape index (κ1) is 13.4. The zero-order valence-electron chi connectivity index (χ0n) is 10.0. The summed E-state index contributed by atoms with van der Waals surface area (Å²) in [5.41, 5.74) is 6.31. The third-order valence-electron chi connectivity index (χ3n) is 2.88. The van der Waals surface area contributed by atoms with Gasteiger partial charge >= 0.3 is 0 Å². The fourth-order valence-electron chi connectivity index (χ4n) is 1.97. The summed E-state index contributed by atoms with van der Waals surface area (Å²) in [4.78, 5) is 0. The van der Waals surface area contributed by atoms with Crippen LogP contribution in [-0.4, -0.2) is 24.9 Å². The van der Waals surface area contributed by atoms with E-state index in [1.807, 2.05) is 30.3 Å². The summed E-state index contributed by atoms with van der Waals surface area (Å²) in [5, 5.41) is 0. The SMILES string of the molecule is NCC1CC(F)(F)CC(OCc2ccccc2)O1. The summed E-state index contributed by atoms with van der Waals surface area (Å²) in [6.45, 7) is 0.347. The maximum atomic E-state index is 13.4. The van der Waals surface area contributed by atoms with E-state index in [1.165, 1.54) is 0 Å². The number of alkyl halides is 2. The molecule has 0 aliphatic carbocycles. The highest BCUT2D eigenvalue weighted by Crippen LogP contribution is 2.34. The summed E-state index contributed by atoms with van der Waals surface area (Å²) in [5.74, 6) is -2.76. The Morgan fingerprint density at radius 1 is 1.28 bits per heavy atom. The van der Waals surface area contributed by atoms with Gasteiger partial charge < -0.3 is 15.2 Å². The number of ether oxygens (including phenoxy) is 2. The highest BCUT2D eigenvalue weighted by Gasteiger charge is 2.42. The van der Waals surface area contributed by atoms with Gasteiger partial charge in [0.1, 0.15) is 0 Å². The molecule has 1 saturated heterocycles. The number of hydrogen-bond acceptors (Lipinski definition) is 3. The van der Waals surface area contributed by atoms with Gasteiger partial charge in [-0.05, 0) is 5.56 Å². The molecule has 0 saturated carbocycles. The van der Waals surface area contributed by atoms with Crippen LogP contribution in [0.25, 0.3) is 0 Å². The van der Waals surface area contributed by atoms with Crippen LogP contribution in [0.1, 0.15) is 18.4 Å². The molecular formula is C13H17F2NO2. The molecule has 0 aromatic heterocycles. The molecule has 2 unspecified atom stereocenters. The molecule has 0 amide bonds. The van der Waals surface area contributed by atoms with Crippen molar-refractivity contribution in [1.82, 2.24) is 0 Å². The third kappa shape index (κ3) is 3.73. The first-order chi connectivity index (χ1) is 8.59. The number of benzene rings is 1. The van der Waals surface area contributed by atoms with E-state index in [0.29, 0.717) is 0 Å². The van der Waals surface area contributed by atoms with E-state index in [9.17, 15) is 8.78 Å². The van der Waals surface area contributed by atoms with Crippen molar-refractivity contribution in [1.29, 1.82) is 0 Å². The molecule has 3 nitrogen and oxygen atoms in total. The molecule has 0 radical (unpaired) electrons. The first-order valence-electron chi connectivity index (χ1n) is 5.98. The zero-order valence-corrected chi connectivity index (χ0v) is 10.0. The maximum Gasteiger partial charge on any atom is 0.255 e. The third-order valence-corrected chi connectivity index (χ3v) is 2.88. The molecule has 0 bridgehead atoms. The molecule has 100 valence electrons. The molecule has 1 aliphatic rings. The van der Waals surface area contributed by atoms with Gasteiger partial charge in [0.05, 0.1) is 19.1 Å². The van der Waals surface area contributed by atoms with E-state index in [1.54, 1.807) is 0 Å². The van der Waals surface area contributed by atoms with Crippen molar-refractivity contribution < 1.29 is 18.3 Å². The molecule has 18 heavy (non-hydrogen) atoms. The first-order valence-corrected chi connectivity index (χ1v) is 5.98. The Morgan fingerprint density at radius 2 is 2.00 bits per heavy atom. The van der Waals surface area contributed by atoms with Gasteiger partial charge in [0, 0.05) is 13.0 Å². The van der Waals surface area contributed by atoms with Crippen molar-refractivity contribution in [3.8, 4) is 0 Å². The summed E-state index contributed by atoms with van der Waals surface area (Å²) in [6, 6.07) is 9.39. The molecule has 2 rings (SSSR count). The van der Waals surface area contributed by atoms with E-state index in [0.717, 1.165) is 5.56 Å². The van der Waals surface area contributed by atoms with Crippen molar-refractivity contribution in [3.05, 3.63) is 35.9 Å². The standard InChI is InChI=1S/C13H17F2NO2/c14-13(15)6-11(8-16)18-12(7-13)17-9-10-4-2-1-3-5-10/h1-5,11-12H,6-9,16H2. The fourth-order valence-corrected chi connectivity index (χ4v) is 1.97. The van der Waals surface area contributed by atoms with E-state index in [2.05, 4.69) is 0 Å². The zero-order chi connectivity index (χ0) is 13.0. The average Bonchev–Trinajstić information content (AvgIpc) is 2.36. The van der Waals surface area contributed by atoms with Gasteiger partial charge in [-0.3, -0.25) is 0 Å². The maximum absolute atomic E-state index is 13.4. The Hall–Kier alpha value is -1.04. The lowest BCUT2D eigenvalue weighted by atomic mass is 10.0. The van der Waals surface area contributed by atoms with Gasteiger partial charge in [-0.1, -0.05) is 30.3 Å². The normalized spacial score (nSPS) is 27.1. The van der Waals surface area contributed by atoms with E-state index >= 15 is 0 Å². The van der Waals surface area contributed by atoms with E-state index in [-0.39, 0.29) is 19.6 Å². The second-order valence-corrected chi connectivity index (χ2v) is 4.48. The predicted octanol–water partition coefficient (Wildman–Crippen LogP) is 2.30. The van der Waals surface area contributed by atoms with Crippen molar-refractivity contribution >= 4 is 0 Å². The molecule has 5 heteroatoms. The minimum absolute atomic E-state index is 0.0841. The van der Waals surface area contributed by atoms with E-state index in [4.69, 9.17) is 15.2 Å². The average molecular weight is 257 g/mol. The fraction of sp³-hybridized carbons (Fsp3) is 0.538. The van der Waals surface area contributed by atoms with Gasteiger partial charge in [0.2, 0.25) is 0 Å². The summed E-state index contributed by atoms with van der Waals surface area (Å²) >= 11 is 0. The van der Waals surface area contributed by atoms with Crippen molar-refractivity contribution in [2.45, 2.75) is 37.8 Å². The Kier molecular flexibility index (Phi) is 4.27. The van der Waals surface area contributed by atoms with Crippen LogP contribution >= 0.6 is 0 Å². The van der Waals surface area contributed by atoms with Crippen molar-refractivity contribution in [2.24, 2.45) is 5.73 Å². The van der Waals surface area contributed by atoms with Crippen molar-refractivity contribution in [2.75, 3.05) is 6.54 Å². The number of rotatable bonds is 4. The number of halogens is 2. The highest BCUT2D eigenvalue weighted by molar-refractivity contribution is 5.13. The lowest BCUT2D eigenvalue weighted by molar-refractivity contribution is -0.252. The highest BCUT2D eigenvalue weighted by atomic mass is 19.3. The van der Waals surface area contributed by atoms with Crippen LogP contribution in [0.2, 0.25) is 0 Å². The molecule has 0 spiro atoms. The smallest absolute Gasteiger partial charge is 0.255 e. The second-order valence-electron chi connectivity index (χ2n) is 4.48. The van der Waals surface area contributed by atoms with Crippen LogP contribution in [0.5, 0.6) is 0 Å². The Balaban J connectivity index is 1.89. The monoisotopic (exact) mass is 257 g/mol. The summed E-state index contributed by atoms with van der Waals surface area (Å²) in [6.07, 6.45) is -2.25. The van der Waals surface area contributed by atoms with Gasteiger partial charge in [0.25, 0.3) is 5.92 Å². The Bertz CT molecular complexity index is 373. The van der Waals surface area contributed by atoms with Crippen molar-refractivity contribution in [3.63, 3.8) is 0 Å². The van der Waals surface area contributed by atoms with Crippen LogP contribution in [-0.2, 0) is 16.1 Å². The largest absolute Gasteiger partial charge is 0.348 e. The van der Waals surface area contributed by atoms with Crippen LogP contribution in [0.4, 0.5) is 8.78 Å². The number of hydrogen-bond donors (Lipinski definition) is 1. The van der Waals surface area contributed by atoms with E-state index < -0.39 is 24.7 Å². The predicted molar refractivity (Wildman–Crippen MR) is 63.1 cm³/mol. The minimum Gasteiger partial charge on any atom is -0.348 e. The number of nitrogens with two attached hydrogens (primary N) is 1. The molecule has 1 heterocycles. The Morgan fingerprint density at radius 3 is 2.67 bits per heavy atom. The van der Waals surface area contributed by atoms with Crippen LogP contribution in [0, 0.1) is 0 Å². The quantitative estimate of drug-likeness (QED) is 0.900. The molecule has 1 aromatic carbocycles. The molecule has 2 atom stereocenters. The molecule has 1 aliphatic heterocycles.